The predicted molar refractivity (Wildman–Crippen MR) is 99.9 cm³/mol. The number of nitrogens with one attached hydrogen (secondary N) is 1. The zero-order valence-electron chi connectivity index (χ0n) is 15.5. The second kappa shape index (κ2) is 8.93. The van der Waals surface area contributed by atoms with Gasteiger partial charge in [-0.25, -0.2) is 0 Å². The summed E-state index contributed by atoms with van der Waals surface area (Å²) in [6.45, 7) is 3.52. The first kappa shape index (κ1) is 18.6. The molecule has 0 saturated heterocycles. The second-order valence-electron chi connectivity index (χ2n) is 6.01. The minimum absolute atomic E-state index is 0.215. The number of nitrogens with zero attached hydrogens (tertiary/aromatic N) is 2. The zero-order chi connectivity index (χ0) is 19.1. The van der Waals surface area contributed by atoms with Crippen LogP contribution in [0.25, 0.3) is 0 Å². The van der Waals surface area contributed by atoms with Crippen LogP contribution in [-0.4, -0.2) is 29.3 Å². The summed E-state index contributed by atoms with van der Waals surface area (Å²) in [5.41, 5.74) is 1.10. The molecular weight excluding hydrogens is 346 g/mol. The molecule has 27 heavy (non-hydrogen) atoms. The molecule has 0 saturated carbocycles. The Labute approximate surface area is 157 Å². The van der Waals surface area contributed by atoms with Crippen molar-refractivity contribution in [3.05, 3.63) is 65.9 Å². The van der Waals surface area contributed by atoms with Gasteiger partial charge in [0.25, 0.3) is 5.91 Å². The van der Waals surface area contributed by atoms with Crippen LogP contribution in [0.15, 0.2) is 53.1 Å². The smallest absolute Gasteiger partial charge is 0.286 e. The molecule has 0 fully saturated rings. The van der Waals surface area contributed by atoms with Gasteiger partial charge in [-0.3, -0.25) is 9.48 Å². The van der Waals surface area contributed by atoms with Crippen molar-refractivity contribution in [2.75, 3.05) is 13.7 Å². The van der Waals surface area contributed by atoms with E-state index in [2.05, 4.69) is 10.4 Å². The molecule has 0 aliphatic heterocycles. The van der Waals surface area contributed by atoms with Gasteiger partial charge in [-0.15, -0.1) is 0 Å². The number of benzene rings is 1. The summed E-state index contributed by atoms with van der Waals surface area (Å²) in [4.78, 5) is 12.2. The Morgan fingerprint density at radius 1 is 1.19 bits per heavy atom. The van der Waals surface area contributed by atoms with Crippen molar-refractivity contribution in [3.8, 4) is 11.5 Å². The molecular formula is C20H23N3O4. The predicted octanol–water partition coefficient (Wildman–Crippen LogP) is 3.19. The van der Waals surface area contributed by atoms with Gasteiger partial charge in [0.2, 0.25) is 0 Å². The first-order chi connectivity index (χ1) is 13.2. The van der Waals surface area contributed by atoms with Gasteiger partial charge in [0, 0.05) is 25.0 Å². The highest BCUT2D eigenvalue weighted by molar-refractivity contribution is 5.91. The molecule has 7 nitrogen and oxygen atoms in total. The maximum atomic E-state index is 12.2. The van der Waals surface area contributed by atoms with E-state index in [1.54, 1.807) is 25.4 Å². The fourth-order valence-electron chi connectivity index (χ4n) is 2.62. The summed E-state index contributed by atoms with van der Waals surface area (Å²) < 4.78 is 18.4. The van der Waals surface area contributed by atoms with Crippen molar-refractivity contribution < 1.29 is 18.7 Å². The van der Waals surface area contributed by atoms with Gasteiger partial charge in [0.15, 0.2) is 17.3 Å². The van der Waals surface area contributed by atoms with Crippen molar-refractivity contribution in [2.24, 2.45) is 0 Å². The molecule has 2 heterocycles. The van der Waals surface area contributed by atoms with Crippen molar-refractivity contribution >= 4 is 5.91 Å². The summed E-state index contributed by atoms with van der Waals surface area (Å²) >= 11 is 0. The van der Waals surface area contributed by atoms with Gasteiger partial charge < -0.3 is 19.2 Å². The lowest BCUT2D eigenvalue weighted by atomic mass is 10.3. The lowest BCUT2D eigenvalue weighted by Gasteiger charge is -2.08. The molecule has 1 N–H and O–H groups in total. The van der Waals surface area contributed by atoms with Gasteiger partial charge >= 0.3 is 0 Å². The number of carbonyl (C=O) groups is 1. The maximum Gasteiger partial charge on any atom is 0.286 e. The van der Waals surface area contributed by atoms with Crippen molar-refractivity contribution in [2.45, 2.75) is 26.5 Å². The van der Waals surface area contributed by atoms with Crippen LogP contribution in [0.1, 0.15) is 28.4 Å². The van der Waals surface area contributed by atoms with Gasteiger partial charge in [-0.1, -0.05) is 12.1 Å². The molecule has 0 radical (unpaired) electrons. The fourth-order valence-corrected chi connectivity index (χ4v) is 2.62. The molecule has 1 aromatic carbocycles. The molecule has 2 aromatic heterocycles. The first-order valence-electron chi connectivity index (χ1n) is 8.78. The maximum absolute atomic E-state index is 12.2. The summed E-state index contributed by atoms with van der Waals surface area (Å²) in [6.07, 6.45) is 2.56. The van der Waals surface area contributed by atoms with E-state index >= 15 is 0 Å². The van der Waals surface area contributed by atoms with E-state index in [1.807, 2.05) is 41.9 Å². The van der Waals surface area contributed by atoms with Crippen LogP contribution in [0, 0.1) is 6.92 Å². The van der Waals surface area contributed by atoms with E-state index in [0.29, 0.717) is 23.8 Å². The van der Waals surface area contributed by atoms with Crippen LogP contribution >= 0.6 is 0 Å². The number of rotatable bonds is 9. The van der Waals surface area contributed by atoms with E-state index < -0.39 is 0 Å². The molecule has 1 amide bonds. The lowest BCUT2D eigenvalue weighted by Crippen LogP contribution is -2.25. The highest BCUT2D eigenvalue weighted by Crippen LogP contribution is 2.26. The monoisotopic (exact) mass is 369 g/mol. The van der Waals surface area contributed by atoms with Crippen molar-refractivity contribution in [1.29, 1.82) is 0 Å². The van der Waals surface area contributed by atoms with Crippen LogP contribution in [0.3, 0.4) is 0 Å². The molecule has 0 atom stereocenters. The summed E-state index contributed by atoms with van der Waals surface area (Å²) in [5, 5.41) is 7.07. The number of aryl methyl sites for hydroxylation is 2. The number of ether oxygens (including phenoxy) is 2. The van der Waals surface area contributed by atoms with E-state index in [9.17, 15) is 4.79 Å². The average Bonchev–Trinajstić information content (AvgIpc) is 3.33. The normalized spacial score (nSPS) is 10.6. The number of para-hydroxylation sites is 2. The SMILES string of the molecule is COc1ccccc1OCc1ccc(C(=O)NCCCn2nccc2C)o1. The average molecular weight is 369 g/mol. The molecule has 0 spiro atoms. The molecule has 3 rings (SSSR count). The van der Waals surface area contributed by atoms with Crippen molar-refractivity contribution in [3.63, 3.8) is 0 Å². The number of hydrogen-bond donors (Lipinski definition) is 1. The van der Waals surface area contributed by atoms with E-state index in [-0.39, 0.29) is 18.3 Å². The van der Waals surface area contributed by atoms with Gasteiger partial charge in [-0.05, 0) is 43.7 Å². The van der Waals surface area contributed by atoms with Crippen LogP contribution in [0.2, 0.25) is 0 Å². The molecule has 7 heteroatoms. The molecule has 0 aliphatic carbocycles. The minimum atomic E-state index is -0.240. The van der Waals surface area contributed by atoms with Gasteiger partial charge in [-0.2, -0.15) is 5.10 Å². The number of aromatic nitrogens is 2. The Morgan fingerprint density at radius 2 is 2.00 bits per heavy atom. The third-order valence-corrected chi connectivity index (χ3v) is 4.09. The molecule has 0 aliphatic rings. The standard InChI is InChI=1S/C20H23N3O4/c1-15-10-12-22-23(15)13-5-11-21-20(24)19-9-8-16(27-19)14-26-18-7-4-3-6-17(18)25-2/h3-4,6-10,12H,5,11,13-14H2,1-2H3,(H,21,24). The highest BCUT2D eigenvalue weighted by atomic mass is 16.5. The van der Waals surface area contributed by atoms with Crippen LogP contribution in [-0.2, 0) is 13.2 Å². The first-order valence-corrected chi connectivity index (χ1v) is 8.78. The number of carbonyl (C=O) groups excluding carboxylic acids is 1. The largest absolute Gasteiger partial charge is 0.493 e. The van der Waals surface area contributed by atoms with Gasteiger partial charge in [0.1, 0.15) is 12.4 Å². The third-order valence-electron chi connectivity index (χ3n) is 4.09. The molecule has 3 aromatic rings. The number of furan rings is 1. The Hall–Kier alpha value is -3.22. The number of hydrogen-bond acceptors (Lipinski definition) is 5. The van der Waals surface area contributed by atoms with Crippen LogP contribution in [0.5, 0.6) is 11.5 Å². The van der Waals surface area contributed by atoms with Crippen molar-refractivity contribution in [1.82, 2.24) is 15.1 Å². The van der Waals surface area contributed by atoms with E-state index in [0.717, 1.165) is 18.7 Å². The number of methoxy groups -OCH3 is 1. The Balaban J connectivity index is 1.45. The zero-order valence-corrected chi connectivity index (χ0v) is 15.5. The number of amides is 1. The Bertz CT molecular complexity index is 885. The second-order valence-corrected chi connectivity index (χ2v) is 6.01. The minimum Gasteiger partial charge on any atom is -0.493 e. The fraction of sp³-hybridized carbons (Fsp3) is 0.300. The summed E-state index contributed by atoms with van der Waals surface area (Å²) in [5.74, 6) is 1.86. The Kier molecular flexibility index (Phi) is 6.14. The van der Waals surface area contributed by atoms with Gasteiger partial charge in [0.05, 0.1) is 7.11 Å². The quantitative estimate of drug-likeness (QED) is 0.586. The topological polar surface area (TPSA) is 78.5 Å². The highest BCUT2D eigenvalue weighted by Gasteiger charge is 2.12. The third kappa shape index (κ3) is 4.91. The summed E-state index contributed by atoms with van der Waals surface area (Å²) in [6, 6.07) is 12.7. The van der Waals surface area contributed by atoms with Crippen LogP contribution < -0.4 is 14.8 Å². The molecule has 142 valence electrons. The van der Waals surface area contributed by atoms with E-state index in [4.69, 9.17) is 13.9 Å². The van der Waals surface area contributed by atoms with E-state index in [1.165, 1.54) is 0 Å². The lowest BCUT2D eigenvalue weighted by molar-refractivity contribution is 0.0920. The molecule has 0 bridgehead atoms. The summed E-state index contributed by atoms with van der Waals surface area (Å²) in [7, 11) is 1.59. The van der Waals surface area contributed by atoms with Crippen LogP contribution in [0.4, 0.5) is 0 Å². The molecule has 0 unspecified atom stereocenters. The Morgan fingerprint density at radius 3 is 2.74 bits per heavy atom.